The summed E-state index contributed by atoms with van der Waals surface area (Å²) in [6, 6.07) is 0. The molecule has 2 rings (SSSR count). The van der Waals surface area contributed by atoms with Crippen molar-refractivity contribution >= 4 is 46.2 Å². The van der Waals surface area contributed by atoms with Crippen LogP contribution in [0.5, 0.6) is 0 Å². The summed E-state index contributed by atoms with van der Waals surface area (Å²) in [7, 11) is 3.47. The van der Waals surface area contributed by atoms with Crippen molar-refractivity contribution in [3.8, 4) is 0 Å². The number of rotatable bonds is 4. The van der Waals surface area contributed by atoms with Crippen LogP contribution in [0.1, 0.15) is 57.8 Å². The van der Waals surface area contributed by atoms with Gasteiger partial charge in [0.05, 0.1) is 9.98 Å². The van der Waals surface area contributed by atoms with Crippen LogP contribution in [-0.2, 0) is 9.59 Å². The van der Waals surface area contributed by atoms with Gasteiger partial charge in [0.15, 0.2) is 0 Å². The number of hydrogen-bond acceptors (Lipinski definition) is 4. The van der Waals surface area contributed by atoms with Crippen LogP contribution in [0.2, 0.25) is 0 Å². The monoisotopic (exact) mass is 384 g/mol. The molecule has 0 radical (unpaired) electrons. The molecule has 2 aliphatic carbocycles. The van der Waals surface area contributed by atoms with E-state index in [1.54, 1.807) is 24.1 Å². The number of carbonyl (C=O) groups is 2. The molecule has 0 saturated heterocycles. The lowest BCUT2D eigenvalue weighted by Gasteiger charge is -2.26. The molecule has 6 nitrogen and oxygen atoms in total. The van der Waals surface area contributed by atoms with Crippen LogP contribution in [0.25, 0.3) is 0 Å². The third kappa shape index (κ3) is 5.88. The number of amides is 2. The van der Waals surface area contributed by atoms with Gasteiger partial charge in [0.25, 0.3) is 0 Å². The Morgan fingerprint density at radius 3 is 1.44 bits per heavy atom. The molecule has 0 unspecified atom stereocenters. The summed E-state index contributed by atoms with van der Waals surface area (Å²) in [5.41, 5.74) is 5.37. The van der Waals surface area contributed by atoms with Gasteiger partial charge in [0.2, 0.25) is 11.8 Å². The summed E-state index contributed by atoms with van der Waals surface area (Å²) in [6.45, 7) is 0. The highest BCUT2D eigenvalue weighted by atomic mass is 32.1. The summed E-state index contributed by atoms with van der Waals surface area (Å²) in [5.74, 6) is -0.0471. The van der Waals surface area contributed by atoms with E-state index in [1.165, 1.54) is 25.7 Å². The fraction of sp³-hybridized carbons (Fsp3) is 0.765. The molecule has 0 bridgehead atoms. The van der Waals surface area contributed by atoms with Gasteiger partial charge >= 0.3 is 0 Å². The van der Waals surface area contributed by atoms with Gasteiger partial charge in [-0.1, -0.05) is 50.1 Å². The van der Waals surface area contributed by atoms with E-state index in [2.05, 4.69) is 10.9 Å². The van der Waals surface area contributed by atoms with Gasteiger partial charge in [-0.05, 0) is 25.7 Å². The van der Waals surface area contributed by atoms with Crippen molar-refractivity contribution in [3.63, 3.8) is 0 Å². The van der Waals surface area contributed by atoms with E-state index in [9.17, 15) is 9.59 Å². The van der Waals surface area contributed by atoms with Crippen molar-refractivity contribution in [2.24, 2.45) is 11.8 Å². The maximum Gasteiger partial charge on any atom is 0.248 e. The van der Waals surface area contributed by atoms with Gasteiger partial charge in [0.1, 0.15) is 6.42 Å². The number of hydrazine groups is 2. The SMILES string of the molecule is CN(NC(=O)CC(=O)NN(C)C(=S)C1CCCC1)C(=S)C1CCCC1. The average Bonchev–Trinajstić information content (AvgIpc) is 3.26. The van der Waals surface area contributed by atoms with Crippen molar-refractivity contribution in [3.05, 3.63) is 0 Å². The smallest absolute Gasteiger partial charge is 0.248 e. The maximum atomic E-state index is 12.1. The third-order valence-corrected chi connectivity index (χ3v) is 6.19. The Morgan fingerprint density at radius 1 is 0.800 bits per heavy atom. The number of hydrogen-bond donors (Lipinski definition) is 2. The molecule has 0 aliphatic heterocycles. The number of nitrogens with one attached hydrogen (secondary N) is 2. The molecule has 25 heavy (non-hydrogen) atoms. The lowest BCUT2D eigenvalue weighted by molar-refractivity contribution is -0.132. The highest BCUT2D eigenvalue weighted by Gasteiger charge is 2.25. The van der Waals surface area contributed by atoms with Crippen LogP contribution < -0.4 is 10.9 Å². The van der Waals surface area contributed by atoms with Crippen molar-refractivity contribution in [1.29, 1.82) is 0 Å². The van der Waals surface area contributed by atoms with E-state index >= 15 is 0 Å². The average molecular weight is 385 g/mol. The van der Waals surface area contributed by atoms with Gasteiger partial charge < -0.3 is 0 Å². The molecular weight excluding hydrogens is 356 g/mol. The number of nitrogens with zero attached hydrogens (tertiary/aromatic N) is 2. The first kappa shape index (κ1) is 20.0. The van der Waals surface area contributed by atoms with E-state index in [0.717, 1.165) is 35.7 Å². The summed E-state index contributed by atoms with van der Waals surface area (Å²) < 4.78 is 0. The zero-order valence-corrected chi connectivity index (χ0v) is 16.7. The predicted molar refractivity (Wildman–Crippen MR) is 106 cm³/mol. The summed E-state index contributed by atoms with van der Waals surface area (Å²) >= 11 is 10.8. The minimum atomic E-state index is -0.375. The van der Waals surface area contributed by atoms with Crippen LogP contribution in [0, 0.1) is 11.8 Å². The largest absolute Gasteiger partial charge is 0.282 e. The van der Waals surface area contributed by atoms with Crippen LogP contribution >= 0.6 is 24.4 Å². The summed E-state index contributed by atoms with van der Waals surface area (Å²) in [6.07, 6.45) is 8.77. The zero-order valence-electron chi connectivity index (χ0n) is 15.0. The first-order chi connectivity index (χ1) is 11.9. The van der Waals surface area contributed by atoms with Crippen LogP contribution in [0.3, 0.4) is 0 Å². The second-order valence-corrected chi connectivity index (χ2v) is 7.84. The summed E-state index contributed by atoms with van der Waals surface area (Å²) in [4.78, 5) is 25.6. The fourth-order valence-electron chi connectivity index (χ4n) is 3.60. The highest BCUT2D eigenvalue weighted by Crippen LogP contribution is 2.27. The Hall–Kier alpha value is -1.28. The second kappa shape index (κ2) is 9.43. The Bertz CT molecular complexity index is 483. The van der Waals surface area contributed by atoms with Gasteiger partial charge in [-0.3, -0.25) is 30.5 Å². The second-order valence-electron chi connectivity index (χ2n) is 7.00. The summed E-state index contributed by atoms with van der Waals surface area (Å²) in [5, 5.41) is 3.15. The van der Waals surface area contributed by atoms with E-state index in [-0.39, 0.29) is 18.2 Å². The molecule has 140 valence electrons. The van der Waals surface area contributed by atoms with E-state index < -0.39 is 0 Å². The normalized spacial score (nSPS) is 18.0. The molecule has 2 N–H and O–H groups in total. The minimum Gasteiger partial charge on any atom is -0.282 e. The number of carbonyl (C=O) groups excluding carboxylic acids is 2. The molecule has 0 aromatic carbocycles. The highest BCUT2D eigenvalue weighted by molar-refractivity contribution is 7.80. The van der Waals surface area contributed by atoms with Gasteiger partial charge in [-0.15, -0.1) is 0 Å². The van der Waals surface area contributed by atoms with Gasteiger partial charge in [-0.2, -0.15) is 0 Å². The Balaban J connectivity index is 1.72. The van der Waals surface area contributed by atoms with Crippen molar-refractivity contribution in [2.75, 3.05) is 14.1 Å². The van der Waals surface area contributed by atoms with E-state index in [0.29, 0.717) is 11.8 Å². The lowest BCUT2D eigenvalue weighted by atomic mass is 10.1. The molecule has 0 atom stereocenters. The van der Waals surface area contributed by atoms with Crippen molar-refractivity contribution < 1.29 is 9.59 Å². The maximum absolute atomic E-state index is 12.1. The molecule has 2 aliphatic rings. The first-order valence-electron chi connectivity index (χ1n) is 9.02. The van der Waals surface area contributed by atoms with Crippen LogP contribution in [0.4, 0.5) is 0 Å². The lowest BCUT2D eigenvalue weighted by Crippen LogP contribution is -2.49. The number of thiocarbonyl (C=S) groups is 2. The molecule has 0 aromatic heterocycles. The zero-order chi connectivity index (χ0) is 18.4. The van der Waals surface area contributed by atoms with Gasteiger partial charge in [0, 0.05) is 25.9 Å². The molecule has 8 heteroatoms. The molecule has 2 fully saturated rings. The standard InChI is InChI=1S/C17H28N4O2S2/c1-20(16(24)12-7-3-4-8-12)18-14(22)11-15(23)19-21(2)17(25)13-9-5-6-10-13/h12-13H,3-11H2,1-2H3,(H,18,22)(H,19,23). The molecule has 2 saturated carbocycles. The molecular formula is C17H28N4O2S2. The van der Waals surface area contributed by atoms with Gasteiger partial charge in [-0.25, -0.2) is 0 Å². The predicted octanol–water partition coefficient (Wildman–Crippen LogP) is 2.34. The van der Waals surface area contributed by atoms with E-state index in [4.69, 9.17) is 24.4 Å². The Labute approximate surface area is 160 Å². The first-order valence-corrected chi connectivity index (χ1v) is 9.84. The minimum absolute atomic E-state index is 0.255. The molecule has 0 heterocycles. The quantitative estimate of drug-likeness (QED) is 0.441. The Kier molecular flexibility index (Phi) is 7.56. The fourth-order valence-corrected chi connectivity index (χ4v) is 4.17. The topological polar surface area (TPSA) is 64.7 Å². The molecule has 2 amide bonds. The Morgan fingerprint density at radius 2 is 1.12 bits per heavy atom. The molecule has 0 aromatic rings. The third-order valence-electron chi connectivity index (χ3n) is 4.98. The van der Waals surface area contributed by atoms with E-state index in [1.807, 2.05) is 0 Å². The van der Waals surface area contributed by atoms with Crippen molar-refractivity contribution in [1.82, 2.24) is 20.9 Å². The van der Waals surface area contributed by atoms with Crippen molar-refractivity contribution in [2.45, 2.75) is 57.8 Å². The van der Waals surface area contributed by atoms with Crippen LogP contribution in [-0.4, -0.2) is 45.9 Å². The van der Waals surface area contributed by atoms with Crippen LogP contribution in [0.15, 0.2) is 0 Å². The molecule has 0 spiro atoms.